The summed E-state index contributed by atoms with van der Waals surface area (Å²) in [5.41, 5.74) is 0.718. The van der Waals surface area contributed by atoms with Crippen molar-refractivity contribution < 1.29 is 9.59 Å². The minimum Gasteiger partial charge on any atom is -0.275 e. The molecule has 0 spiro atoms. The minimum absolute atomic E-state index is 0.384. The van der Waals surface area contributed by atoms with Crippen LogP contribution in [0.25, 0.3) is 0 Å². The first-order valence-electron chi connectivity index (χ1n) is 9.74. The van der Waals surface area contributed by atoms with Crippen LogP contribution in [-0.2, 0) is 4.79 Å². The molecule has 1 aliphatic heterocycles. The zero-order valence-corrected chi connectivity index (χ0v) is 16.6. The van der Waals surface area contributed by atoms with E-state index in [2.05, 4.69) is 11.1 Å². The maximum atomic E-state index is 13.4. The highest BCUT2D eigenvalue weighted by molar-refractivity contribution is 6.32. The quantitative estimate of drug-likeness (QED) is 0.538. The molecule has 0 saturated heterocycles. The molecule has 1 heterocycles. The maximum Gasteiger partial charge on any atom is 0.265 e. The number of amides is 2. The number of imide groups is 1. The highest BCUT2D eigenvalue weighted by Gasteiger charge is 2.40. The van der Waals surface area contributed by atoms with E-state index in [0.717, 1.165) is 24.2 Å². The SMILES string of the molecule is N#CC1(N=C[C@@H]2C(=O)N(c3cccc(Cl)c3)C(=O)c3ccccc32)CCCCC1. The molecule has 4 rings (SSSR count). The predicted octanol–water partition coefficient (Wildman–Crippen LogP) is 4.91. The number of aliphatic imine (C=N–C) groups is 1. The first kappa shape index (κ1) is 19.4. The summed E-state index contributed by atoms with van der Waals surface area (Å²) >= 11 is 6.08. The topological polar surface area (TPSA) is 73.5 Å². The summed E-state index contributed by atoms with van der Waals surface area (Å²) in [5, 5.41) is 10.1. The number of hydrogen-bond acceptors (Lipinski definition) is 4. The fourth-order valence-electron chi connectivity index (χ4n) is 4.08. The highest BCUT2D eigenvalue weighted by Crippen LogP contribution is 2.35. The molecule has 1 fully saturated rings. The Morgan fingerprint density at radius 3 is 2.59 bits per heavy atom. The van der Waals surface area contributed by atoms with Gasteiger partial charge in [0.15, 0.2) is 0 Å². The Morgan fingerprint density at radius 2 is 1.86 bits per heavy atom. The summed E-state index contributed by atoms with van der Waals surface area (Å²) in [6, 6.07) is 16.1. The average Bonchev–Trinajstić information content (AvgIpc) is 2.74. The Morgan fingerprint density at radius 1 is 1.10 bits per heavy atom. The zero-order chi connectivity index (χ0) is 20.4. The third kappa shape index (κ3) is 3.56. The van der Waals surface area contributed by atoms with Crippen LogP contribution in [0.3, 0.4) is 0 Å². The number of fused-ring (bicyclic) bond motifs is 1. The van der Waals surface area contributed by atoms with Crippen molar-refractivity contribution in [3.63, 3.8) is 0 Å². The van der Waals surface area contributed by atoms with Gasteiger partial charge in [0, 0.05) is 16.8 Å². The van der Waals surface area contributed by atoms with Crippen LogP contribution in [0.1, 0.15) is 53.9 Å². The van der Waals surface area contributed by atoms with Crippen LogP contribution in [0.5, 0.6) is 0 Å². The Hall–Kier alpha value is -2.97. The van der Waals surface area contributed by atoms with Gasteiger partial charge in [-0.25, -0.2) is 4.90 Å². The van der Waals surface area contributed by atoms with E-state index in [0.29, 0.717) is 34.7 Å². The van der Waals surface area contributed by atoms with E-state index >= 15 is 0 Å². The minimum atomic E-state index is -0.782. The van der Waals surface area contributed by atoms with E-state index in [9.17, 15) is 14.9 Å². The molecule has 6 heteroatoms. The van der Waals surface area contributed by atoms with Crippen LogP contribution >= 0.6 is 11.6 Å². The van der Waals surface area contributed by atoms with Crippen LogP contribution in [0.15, 0.2) is 53.5 Å². The van der Waals surface area contributed by atoms with Crippen molar-refractivity contribution in [2.75, 3.05) is 4.90 Å². The van der Waals surface area contributed by atoms with E-state index in [1.165, 1.54) is 0 Å². The second-order valence-electron chi connectivity index (χ2n) is 7.51. The van der Waals surface area contributed by atoms with Gasteiger partial charge in [-0.1, -0.05) is 42.3 Å². The van der Waals surface area contributed by atoms with E-state index < -0.39 is 11.5 Å². The molecule has 2 aromatic carbocycles. The van der Waals surface area contributed by atoms with E-state index in [1.54, 1.807) is 54.7 Å². The summed E-state index contributed by atoms with van der Waals surface area (Å²) < 4.78 is 0. The summed E-state index contributed by atoms with van der Waals surface area (Å²) in [4.78, 5) is 32.2. The molecular weight excluding hydrogens is 386 g/mol. The Balaban J connectivity index is 1.77. The van der Waals surface area contributed by atoms with Crippen LogP contribution < -0.4 is 4.90 Å². The lowest BCUT2D eigenvalue weighted by Gasteiger charge is -2.32. The van der Waals surface area contributed by atoms with Crippen molar-refractivity contribution in [3.05, 3.63) is 64.7 Å². The average molecular weight is 406 g/mol. The van der Waals surface area contributed by atoms with Gasteiger partial charge >= 0.3 is 0 Å². The molecule has 2 aliphatic rings. The molecule has 0 N–H and O–H groups in total. The molecular formula is C23H20ClN3O2. The molecule has 1 saturated carbocycles. The number of anilines is 1. The molecule has 0 aromatic heterocycles. The monoisotopic (exact) mass is 405 g/mol. The fraction of sp³-hybridized carbons (Fsp3) is 0.304. The Bertz CT molecular complexity index is 1030. The number of carbonyl (C=O) groups excluding carboxylic acids is 2. The van der Waals surface area contributed by atoms with Gasteiger partial charge in [-0.15, -0.1) is 0 Å². The molecule has 146 valence electrons. The number of halogens is 1. The van der Waals surface area contributed by atoms with E-state index in [1.807, 2.05) is 0 Å². The second kappa shape index (κ2) is 7.81. The molecule has 2 amide bonds. The maximum absolute atomic E-state index is 13.4. The zero-order valence-electron chi connectivity index (χ0n) is 15.8. The molecule has 0 radical (unpaired) electrons. The predicted molar refractivity (Wildman–Crippen MR) is 112 cm³/mol. The van der Waals surface area contributed by atoms with Gasteiger partial charge in [-0.3, -0.25) is 14.6 Å². The first-order chi connectivity index (χ1) is 14.0. The highest BCUT2D eigenvalue weighted by atomic mass is 35.5. The molecule has 0 bridgehead atoms. The van der Waals surface area contributed by atoms with Crippen molar-refractivity contribution in [2.45, 2.75) is 43.6 Å². The van der Waals surface area contributed by atoms with Crippen molar-refractivity contribution >= 4 is 35.3 Å². The third-order valence-corrected chi connectivity index (χ3v) is 5.88. The van der Waals surface area contributed by atoms with Gasteiger partial charge in [0.25, 0.3) is 5.91 Å². The second-order valence-corrected chi connectivity index (χ2v) is 7.94. The summed E-state index contributed by atoms with van der Waals surface area (Å²) in [6.45, 7) is 0. The first-order valence-corrected chi connectivity index (χ1v) is 10.1. The summed E-state index contributed by atoms with van der Waals surface area (Å²) in [5.74, 6) is -1.50. The summed E-state index contributed by atoms with van der Waals surface area (Å²) in [6.07, 6.45) is 5.96. The largest absolute Gasteiger partial charge is 0.275 e. The molecule has 2 aromatic rings. The van der Waals surface area contributed by atoms with Gasteiger partial charge < -0.3 is 0 Å². The molecule has 1 atom stereocenters. The van der Waals surface area contributed by atoms with Crippen molar-refractivity contribution in [1.29, 1.82) is 5.26 Å². The van der Waals surface area contributed by atoms with E-state index in [-0.39, 0.29) is 11.8 Å². The molecule has 29 heavy (non-hydrogen) atoms. The lowest BCUT2D eigenvalue weighted by Crippen LogP contribution is -2.45. The smallest absolute Gasteiger partial charge is 0.265 e. The van der Waals surface area contributed by atoms with Crippen molar-refractivity contribution in [3.8, 4) is 6.07 Å². The lowest BCUT2D eigenvalue weighted by atomic mass is 9.83. The van der Waals surface area contributed by atoms with Gasteiger partial charge in [-0.2, -0.15) is 5.26 Å². The standard InChI is InChI=1S/C23H20ClN3O2/c24-16-7-6-8-17(13-16)27-21(28)19-10-3-2-9-18(19)20(22(27)29)14-26-23(15-25)11-4-1-5-12-23/h2-3,6-10,13-14,20H,1,4-5,11-12H2/t20-/m0/s1. The number of hydrogen-bond donors (Lipinski definition) is 0. The van der Waals surface area contributed by atoms with Crippen LogP contribution in [0, 0.1) is 11.3 Å². The lowest BCUT2D eigenvalue weighted by molar-refractivity contribution is -0.118. The van der Waals surface area contributed by atoms with Gasteiger partial charge in [0.1, 0.15) is 5.54 Å². The van der Waals surface area contributed by atoms with Crippen molar-refractivity contribution in [2.24, 2.45) is 4.99 Å². The Labute approximate surface area is 174 Å². The molecule has 1 aliphatic carbocycles. The number of rotatable bonds is 3. The number of nitrogens with zero attached hydrogens (tertiary/aromatic N) is 3. The van der Waals surface area contributed by atoms with Crippen LogP contribution in [0.4, 0.5) is 5.69 Å². The van der Waals surface area contributed by atoms with Gasteiger partial charge in [0.05, 0.1) is 17.7 Å². The summed E-state index contributed by atoms with van der Waals surface area (Å²) in [7, 11) is 0. The fourth-order valence-corrected chi connectivity index (χ4v) is 4.27. The van der Waals surface area contributed by atoms with Gasteiger partial charge in [0.2, 0.25) is 5.91 Å². The van der Waals surface area contributed by atoms with Crippen LogP contribution in [0.2, 0.25) is 5.02 Å². The third-order valence-electron chi connectivity index (χ3n) is 5.64. The number of nitriles is 1. The van der Waals surface area contributed by atoms with Gasteiger partial charge in [-0.05, 0) is 55.5 Å². The van der Waals surface area contributed by atoms with E-state index in [4.69, 9.17) is 11.6 Å². The Kier molecular flexibility index (Phi) is 5.21. The van der Waals surface area contributed by atoms with Crippen LogP contribution in [-0.4, -0.2) is 23.6 Å². The normalized spacial score (nSPS) is 21.1. The number of carbonyl (C=O) groups is 2. The molecule has 5 nitrogen and oxygen atoms in total. The van der Waals surface area contributed by atoms with Crippen molar-refractivity contribution in [1.82, 2.24) is 0 Å². The molecule has 0 unspecified atom stereocenters. The number of benzene rings is 2.